The Hall–Kier alpha value is -0.370. The summed E-state index contributed by atoms with van der Waals surface area (Å²) in [5.74, 6) is 0.211. The summed E-state index contributed by atoms with van der Waals surface area (Å²) in [7, 11) is 0. The van der Waals surface area contributed by atoms with Gasteiger partial charge in [-0.15, -0.1) is 0 Å². The van der Waals surface area contributed by atoms with Gasteiger partial charge in [0.1, 0.15) is 5.78 Å². The second-order valence-corrected chi connectivity index (χ2v) is 5.44. The zero-order valence-electron chi connectivity index (χ0n) is 10.8. The summed E-state index contributed by atoms with van der Waals surface area (Å²) in [5, 5.41) is 0. The molecule has 0 fully saturated rings. The topological polar surface area (TPSA) is 26.3 Å². The van der Waals surface area contributed by atoms with E-state index < -0.39 is 0 Å². The number of hydrogen-bond acceptors (Lipinski definition) is 2. The number of hydrogen-bond donors (Lipinski definition) is 0. The summed E-state index contributed by atoms with van der Waals surface area (Å²) in [6, 6.07) is 0. The second kappa shape index (κ2) is 7.86. The van der Waals surface area contributed by atoms with Gasteiger partial charge in [0.15, 0.2) is 0 Å². The summed E-state index contributed by atoms with van der Waals surface area (Å²) < 4.78 is 5.36. The average Bonchev–Trinajstić information content (AvgIpc) is 2.07. The highest BCUT2D eigenvalue weighted by Gasteiger charge is 2.08. The lowest BCUT2D eigenvalue weighted by Crippen LogP contribution is -2.05. The number of Topliss-reactive ketones (excluding diaryl/α,β-unsaturated/α-hetero) is 1. The van der Waals surface area contributed by atoms with Crippen LogP contribution in [0.1, 0.15) is 59.8 Å². The van der Waals surface area contributed by atoms with Gasteiger partial charge < -0.3 is 4.74 Å². The molecular weight excluding hydrogens is 188 g/mol. The molecule has 0 aliphatic carbocycles. The standard InChI is InChI=1S/C13H26O2/c1-12(14)8-11-15-10-7-5-6-9-13(2,3)4/h5-11H2,1-4H3. The van der Waals surface area contributed by atoms with Crippen molar-refractivity contribution in [1.29, 1.82) is 0 Å². The van der Waals surface area contributed by atoms with E-state index in [2.05, 4.69) is 20.8 Å². The molecule has 0 spiro atoms. The molecule has 90 valence electrons. The van der Waals surface area contributed by atoms with Crippen LogP contribution in [-0.2, 0) is 9.53 Å². The van der Waals surface area contributed by atoms with Crippen LogP contribution in [0.2, 0.25) is 0 Å². The molecule has 0 heterocycles. The van der Waals surface area contributed by atoms with Gasteiger partial charge in [0.05, 0.1) is 6.61 Å². The number of ether oxygens (including phenoxy) is 1. The van der Waals surface area contributed by atoms with Crippen molar-refractivity contribution in [3.8, 4) is 0 Å². The monoisotopic (exact) mass is 214 g/mol. The van der Waals surface area contributed by atoms with Gasteiger partial charge in [-0.25, -0.2) is 0 Å². The largest absolute Gasteiger partial charge is 0.381 e. The van der Waals surface area contributed by atoms with Gasteiger partial charge in [-0.1, -0.05) is 33.6 Å². The Labute approximate surface area is 94.4 Å². The molecule has 0 N–H and O–H groups in total. The third-order valence-electron chi connectivity index (χ3n) is 2.31. The van der Waals surface area contributed by atoms with Crippen LogP contribution in [0.4, 0.5) is 0 Å². The number of ketones is 1. The lowest BCUT2D eigenvalue weighted by atomic mass is 9.89. The first-order valence-corrected chi connectivity index (χ1v) is 5.99. The van der Waals surface area contributed by atoms with Crippen LogP contribution < -0.4 is 0 Å². The molecule has 0 saturated heterocycles. The van der Waals surface area contributed by atoms with E-state index >= 15 is 0 Å². The first-order valence-electron chi connectivity index (χ1n) is 5.99. The Morgan fingerprint density at radius 2 is 1.73 bits per heavy atom. The maximum atomic E-state index is 10.6. The number of rotatable bonds is 8. The van der Waals surface area contributed by atoms with Crippen molar-refractivity contribution in [2.75, 3.05) is 13.2 Å². The molecule has 0 radical (unpaired) electrons. The Morgan fingerprint density at radius 1 is 1.07 bits per heavy atom. The number of carbonyl (C=O) groups excluding carboxylic acids is 1. The van der Waals surface area contributed by atoms with Crippen molar-refractivity contribution in [1.82, 2.24) is 0 Å². The van der Waals surface area contributed by atoms with Crippen LogP contribution >= 0.6 is 0 Å². The van der Waals surface area contributed by atoms with Crippen molar-refractivity contribution in [3.63, 3.8) is 0 Å². The molecule has 0 bridgehead atoms. The predicted octanol–water partition coefficient (Wildman–Crippen LogP) is 3.59. The highest BCUT2D eigenvalue weighted by molar-refractivity contribution is 5.75. The van der Waals surface area contributed by atoms with E-state index in [9.17, 15) is 4.79 Å². The van der Waals surface area contributed by atoms with Crippen LogP contribution in [0.5, 0.6) is 0 Å². The van der Waals surface area contributed by atoms with Crippen molar-refractivity contribution in [2.45, 2.75) is 59.8 Å². The van der Waals surface area contributed by atoms with Gasteiger partial charge in [-0.05, 0) is 25.2 Å². The van der Waals surface area contributed by atoms with Crippen LogP contribution in [0.25, 0.3) is 0 Å². The molecule has 0 atom stereocenters. The van der Waals surface area contributed by atoms with Crippen LogP contribution in [0.15, 0.2) is 0 Å². The van der Waals surface area contributed by atoms with Crippen LogP contribution in [0.3, 0.4) is 0 Å². The van der Waals surface area contributed by atoms with E-state index in [1.165, 1.54) is 19.3 Å². The molecule has 0 aromatic carbocycles. The van der Waals surface area contributed by atoms with Crippen molar-refractivity contribution in [3.05, 3.63) is 0 Å². The van der Waals surface area contributed by atoms with Gasteiger partial charge in [0.25, 0.3) is 0 Å². The lowest BCUT2D eigenvalue weighted by Gasteiger charge is -2.17. The van der Waals surface area contributed by atoms with Gasteiger partial charge in [0.2, 0.25) is 0 Å². The first-order chi connectivity index (χ1) is 6.92. The maximum absolute atomic E-state index is 10.6. The Bertz CT molecular complexity index is 168. The molecule has 0 amide bonds. The fraction of sp³-hybridized carbons (Fsp3) is 0.923. The molecule has 2 heteroatoms. The van der Waals surface area contributed by atoms with Gasteiger partial charge >= 0.3 is 0 Å². The molecule has 0 aromatic heterocycles. The molecule has 15 heavy (non-hydrogen) atoms. The molecule has 2 nitrogen and oxygen atoms in total. The van der Waals surface area contributed by atoms with E-state index in [1.54, 1.807) is 6.92 Å². The molecule has 0 saturated carbocycles. The smallest absolute Gasteiger partial charge is 0.132 e. The number of carbonyl (C=O) groups is 1. The molecule has 0 aliphatic rings. The summed E-state index contributed by atoms with van der Waals surface area (Å²) >= 11 is 0. The molecule has 0 rings (SSSR count). The third-order valence-corrected chi connectivity index (χ3v) is 2.31. The van der Waals surface area contributed by atoms with Gasteiger partial charge in [0, 0.05) is 13.0 Å². The molecule has 0 unspecified atom stereocenters. The minimum Gasteiger partial charge on any atom is -0.381 e. The van der Waals surface area contributed by atoms with E-state index in [1.807, 2.05) is 0 Å². The normalized spacial score (nSPS) is 11.7. The molecule has 0 aliphatic heterocycles. The quantitative estimate of drug-likeness (QED) is 0.577. The summed E-state index contributed by atoms with van der Waals surface area (Å²) in [5.41, 5.74) is 0.454. The third kappa shape index (κ3) is 13.6. The molecular formula is C13H26O2. The SMILES string of the molecule is CC(=O)CCOCCCCCC(C)(C)C. The zero-order valence-corrected chi connectivity index (χ0v) is 10.8. The molecule has 0 aromatic rings. The highest BCUT2D eigenvalue weighted by atomic mass is 16.5. The fourth-order valence-corrected chi connectivity index (χ4v) is 1.35. The second-order valence-electron chi connectivity index (χ2n) is 5.44. The zero-order chi connectivity index (χ0) is 11.7. The first kappa shape index (κ1) is 14.6. The van der Waals surface area contributed by atoms with Crippen LogP contribution in [-0.4, -0.2) is 19.0 Å². The fourth-order valence-electron chi connectivity index (χ4n) is 1.35. The Balaban J connectivity index is 3.09. The van der Waals surface area contributed by atoms with Crippen molar-refractivity contribution < 1.29 is 9.53 Å². The lowest BCUT2D eigenvalue weighted by molar-refractivity contribution is -0.118. The summed E-state index contributed by atoms with van der Waals surface area (Å²) in [6.07, 6.45) is 5.47. The van der Waals surface area contributed by atoms with Crippen molar-refractivity contribution >= 4 is 5.78 Å². The van der Waals surface area contributed by atoms with E-state index in [4.69, 9.17) is 4.74 Å². The van der Waals surface area contributed by atoms with E-state index in [0.29, 0.717) is 18.4 Å². The van der Waals surface area contributed by atoms with E-state index in [-0.39, 0.29) is 5.78 Å². The minimum atomic E-state index is 0.211. The highest BCUT2D eigenvalue weighted by Crippen LogP contribution is 2.21. The average molecular weight is 214 g/mol. The Kier molecular flexibility index (Phi) is 7.67. The minimum absolute atomic E-state index is 0.211. The predicted molar refractivity (Wildman–Crippen MR) is 64.0 cm³/mol. The maximum Gasteiger partial charge on any atom is 0.132 e. The number of unbranched alkanes of at least 4 members (excludes halogenated alkanes) is 2. The van der Waals surface area contributed by atoms with Crippen molar-refractivity contribution in [2.24, 2.45) is 5.41 Å². The van der Waals surface area contributed by atoms with Gasteiger partial charge in [-0.3, -0.25) is 4.79 Å². The summed E-state index contributed by atoms with van der Waals surface area (Å²) in [6.45, 7) is 9.82. The Morgan fingerprint density at radius 3 is 2.27 bits per heavy atom. The summed E-state index contributed by atoms with van der Waals surface area (Å²) in [4.78, 5) is 10.6. The van der Waals surface area contributed by atoms with E-state index in [0.717, 1.165) is 13.0 Å². The van der Waals surface area contributed by atoms with Crippen LogP contribution in [0, 0.1) is 5.41 Å². The van der Waals surface area contributed by atoms with Gasteiger partial charge in [-0.2, -0.15) is 0 Å².